The summed E-state index contributed by atoms with van der Waals surface area (Å²) in [6, 6.07) is 4.04. The molecule has 10 nitrogen and oxygen atoms in total. The Bertz CT molecular complexity index is 1050. The number of nitrogens with one attached hydrogen (secondary N) is 1. The predicted octanol–water partition coefficient (Wildman–Crippen LogP) is 3.04. The predicted molar refractivity (Wildman–Crippen MR) is 130 cm³/mol. The zero-order chi connectivity index (χ0) is 24.0. The number of nitrogens with zero attached hydrogens (tertiary/aromatic N) is 6. The largest absolute Gasteiger partial charge is 0.394 e. The van der Waals surface area contributed by atoms with Crippen LogP contribution in [-0.2, 0) is 21.4 Å². The fraction of sp³-hybridized carbons (Fsp3) is 0.500. The summed E-state index contributed by atoms with van der Waals surface area (Å²) in [6.07, 6.45) is 8.97. The number of hydrogen-bond donors (Lipinski definition) is 2. The molecule has 3 aromatic rings. The normalized spacial score (nSPS) is 16.2. The van der Waals surface area contributed by atoms with E-state index in [0.29, 0.717) is 36.4 Å². The topological polar surface area (TPSA) is 120 Å². The van der Waals surface area contributed by atoms with Gasteiger partial charge in [-0.15, -0.1) is 10.2 Å². The lowest BCUT2D eigenvalue weighted by Crippen LogP contribution is -2.24. The number of rotatable bonds is 13. The molecular weight excluding hydrogens is 478 g/mol. The summed E-state index contributed by atoms with van der Waals surface area (Å²) in [5, 5.41) is 18.3. The highest BCUT2D eigenvalue weighted by molar-refractivity contribution is 8.01. The van der Waals surface area contributed by atoms with Gasteiger partial charge in [0.25, 0.3) is 0 Å². The fourth-order valence-electron chi connectivity index (χ4n) is 3.91. The van der Waals surface area contributed by atoms with Gasteiger partial charge in [-0.1, -0.05) is 17.7 Å². The molecule has 4 rings (SSSR count). The van der Waals surface area contributed by atoms with Gasteiger partial charge in [-0.2, -0.15) is 0 Å². The molecule has 0 bridgehead atoms. The lowest BCUT2D eigenvalue weighted by molar-refractivity contribution is 0.0930. The van der Waals surface area contributed by atoms with Gasteiger partial charge >= 0.3 is 0 Å². The molecule has 34 heavy (non-hydrogen) atoms. The van der Waals surface area contributed by atoms with Crippen LogP contribution in [0, 0.1) is 0 Å². The van der Waals surface area contributed by atoms with E-state index in [4.69, 9.17) is 26.2 Å². The van der Waals surface area contributed by atoms with E-state index in [-0.39, 0.29) is 23.5 Å². The van der Waals surface area contributed by atoms with Crippen molar-refractivity contribution >= 4 is 29.5 Å². The Kier molecular flexibility index (Phi) is 8.32. The summed E-state index contributed by atoms with van der Waals surface area (Å²) < 4.78 is 16.7. The van der Waals surface area contributed by atoms with Gasteiger partial charge in [-0.25, -0.2) is 9.97 Å². The quantitative estimate of drug-likeness (QED) is 0.265. The molecule has 3 aromatic heterocycles. The first kappa shape index (κ1) is 24.8. The molecule has 0 radical (unpaired) electrons. The molecule has 2 N–H and O–H groups in total. The van der Waals surface area contributed by atoms with E-state index in [1.165, 1.54) is 11.9 Å². The maximum Gasteiger partial charge on any atom is 0.235 e. The molecule has 0 amide bonds. The van der Waals surface area contributed by atoms with E-state index in [0.717, 1.165) is 24.2 Å². The number of hydrogen-bond acceptors (Lipinski definition) is 10. The molecule has 1 saturated carbocycles. The number of methoxy groups -OCH3 is 1. The average Bonchev–Trinajstić information content (AvgIpc) is 3.56. The van der Waals surface area contributed by atoms with Crippen LogP contribution in [0.25, 0.3) is 0 Å². The van der Waals surface area contributed by atoms with Gasteiger partial charge in [0.2, 0.25) is 5.95 Å². The number of aliphatic hydroxyl groups is 1. The van der Waals surface area contributed by atoms with E-state index < -0.39 is 0 Å². The second-order valence-corrected chi connectivity index (χ2v) is 9.60. The van der Waals surface area contributed by atoms with Gasteiger partial charge in [0.15, 0.2) is 5.82 Å². The van der Waals surface area contributed by atoms with Gasteiger partial charge in [0, 0.05) is 38.3 Å². The number of pyridine rings is 1. The molecule has 1 fully saturated rings. The zero-order valence-electron chi connectivity index (χ0n) is 19.1. The highest BCUT2D eigenvalue weighted by Gasteiger charge is 2.49. The van der Waals surface area contributed by atoms with Crippen LogP contribution in [0.1, 0.15) is 43.1 Å². The van der Waals surface area contributed by atoms with E-state index in [2.05, 4.69) is 40.5 Å². The highest BCUT2D eigenvalue weighted by Crippen LogP contribution is 2.51. The van der Waals surface area contributed by atoms with Gasteiger partial charge in [0.05, 0.1) is 35.6 Å². The number of aromatic nitrogens is 6. The summed E-state index contributed by atoms with van der Waals surface area (Å²) in [7, 11) is 1.63. The first-order valence-electron chi connectivity index (χ1n) is 11.0. The second kappa shape index (κ2) is 11.4. The van der Waals surface area contributed by atoms with Crippen LogP contribution in [0.4, 0.5) is 5.95 Å². The Morgan fingerprint density at radius 2 is 2.03 bits per heavy atom. The molecule has 12 heteroatoms. The molecule has 0 saturated heterocycles. The minimum absolute atomic E-state index is 0.00829. The van der Waals surface area contributed by atoms with Crippen molar-refractivity contribution in [3.63, 3.8) is 0 Å². The molecular formula is C22H28ClN7O3S. The monoisotopic (exact) mass is 505 g/mol. The molecule has 2 unspecified atom stereocenters. The number of anilines is 1. The van der Waals surface area contributed by atoms with Crippen LogP contribution in [-0.4, -0.2) is 67.0 Å². The highest BCUT2D eigenvalue weighted by atomic mass is 35.5. The smallest absolute Gasteiger partial charge is 0.235 e. The molecule has 0 aliphatic heterocycles. The van der Waals surface area contributed by atoms with E-state index in [1.54, 1.807) is 25.7 Å². The van der Waals surface area contributed by atoms with Gasteiger partial charge in [-0.05, 0) is 43.3 Å². The Balaban J connectivity index is 1.54. The van der Waals surface area contributed by atoms with Crippen LogP contribution in [0.5, 0.6) is 0 Å². The SMILES string of the molecule is COC(c1ncc(Cl)cn1)C(C)SNc1nnc(CCOCCO)n1C1(c2cccnc2)CC1. The van der Waals surface area contributed by atoms with Crippen molar-refractivity contribution in [3.05, 3.63) is 59.2 Å². The summed E-state index contributed by atoms with van der Waals surface area (Å²) in [4.78, 5) is 12.9. The van der Waals surface area contributed by atoms with E-state index >= 15 is 0 Å². The minimum atomic E-state index is -0.342. The van der Waals surface area contributed by atoms with Gasteiger partial charge in [0.1, 0.15) is 11.9 Å². The third-order valence-corrected chi connectivity index (χ3v) is 6.81. The van der Waals surface area contributed by atoms with Crippen LogP contribution in [0.15, 0.2) is 36.9 Å². The first-order valence-corrected chi connectivity index (χ1v) is 12.3. The lowest BCUT2D eigenvalue weighted by Gasteiger charge is -2.24. The minimum Gasteiger partial charge on any atom is -0.394 e. The van der Waals surface area contributed by atoms with E-state index in [9.17, 15) is 0 Å². The molecule has 182 valence electrons. The average molecular weight is 506 g/mol. The third-order valence-electron chi connectivity index (χ3n) is 5.70. The van der Waals surface area contributed by atoms with Gasteiger partial charge in [-0.3, -0.25) is 14.3 Å². The summed E-state index contributed by atoms with van der Waals surface area (Å²) in [6.45, 7) is 2.77. The maximum absolute atomic E-state index is 8.99. The standard InChI is InChI=1S/C22H28ClN7O3S/c1-15(19(32-2)20-25-13-17(23)14-26-20)34-29-21-28-27-18(5-10-33-11-9-31)30(21)22(6-7-22)16-4-3-8-24-12-16/h3-4,8,12-15,19,31H,5-7,9-11H2,1-2H3,(H,28,29). The Hall–Kier alpha value is -2.31. The van der Waals surface area contributed by atoms with Crippen molar-refractivity contribution in [3.8, 4) is 0 Å². The summed E-state index contributed by atoms with van der Waals surface area (Å²) in [5.41, 5.74) is 0.883. The summed E-state index contributed by atoms with van der Waals surface area (Å²) >= 11 is 7.39. The van der Waals surface area contributed by atoms with Crippen molar-refractivity contribution in [2.45, 2.75) is 43.1 Å². The van der Waals surface area contributed by atoms with Crippen LogP contribution in [0.2, 0.25) is 5.02 Å². The third kappa shape index (κ3) is 5.49. The Labute approximate surface area is 207 Å². The van der Waals surface area contributed by atoms with Crippen LogP contribution >= 0.6 is 23.5 Å². The number of ether oxygens (including phenoxy) is 2. The second-order valence-electron chi connectivity index (χ2n) is 7.98. The zero-order valence-corrected chi connectivity index (χ0v) is 20.7. The molecule has 0 spiro atoms. The van der Waals surface area contributed by atoms with Crippen molar-refractivity contribution in [2.75, 3.05) is 31.7 Å². The number of aliphatic hydroxyl groups excluding tert-OH is 1. The Morgan fingerprint density at radius 1 is 1.24 bits per heavy atom. The van der Waals surface area contributed by atoms with Crippen molar-refractivity contribution in [1.29, 1.82) is 0 Å². The maximum atomic E-state index is 8.99. The van der Waals surface area contributed by atoms with Crippen LogP contribution < -0.4 is 4.72 Å². The lowest BCUT2D eigenvalue weighted by atomic mass is 10.1. The summed E-state index contributed by atoms with van der Waals surface area (Å²) in [5.74, 6) is 2.03. The molecule has 3 heterocycles. The Morgan fingerprint density at radius 3 is 2.68 bits per heavy atom. The first-order chi connectivity index (χ1) is 16.6. The van der Waals surface area contributed by atoms with Crippen LogP contribution in [0.3, 0.4) is 0 Å². The van der Waals surface area contributed by atoms with Crippen molar-refractivity contribution in [2.24, 2.45) is 0 Å². The van der Waals surface area contributed by atoms with Gasteiger partial charge < -0.3 is 14.6 Å². The van der Waals surface area contributed by atoms with E-state index in [1.807, 2.05) is 19.2 Å². The van der Waals surface area contributed by atoms with Crippen molar-refractivity contribution < 1.29 is 14.6 Å². The molecule has 1 aliphatic rings. The molecule has 2 atom stereocenters. The van der Waals surface area contributed by atoms with Crippen molar-refractivity contribution in [1.82, 2.24) is 29.7 Å². The number of halogens is 1. The molecule has 1 aliphatic carbocycles. The fourth-order valence-corrected chi connectivity index (χ4v) is 4.78. The molecule has 0 aromatic carbocycles.